The van der Waals surface area contributed by atoms with Crippen LogP contribution >= 0.6 is 0 Å². The minimum Gasteiger partial charge on any atom is -0.355 e. The third-order valence-corrected chi connectivity index (χ3v) is 4.79. The second kappa shape index (κ2) is 7.52. The van der Waals surface area contributed by atoms with Gasteiger partial charge in [-0.2, -0.15) is 0 Å². The van der Waals surface area contributed by atoms with Crippen molar-refractivity contribution in [2.24, 2.45) is 4.99 Å². The Morgan fingerprint density at radius 2 is 1.62 bits per heavy atom. The SMILES string of the molecule is CCCN(Cc1ccc(-c2ccncc2)cc1)C1=Nc2ccccc2C1. The molecule has 2 heterocycles. The molecule has 4 rings (SSSR count). The lowest BCUT2D eigenvalue weighted by molar-refractivity contribution is 0.407. The number of fused-ring (bicyclic) bond motifs is 1. The van der Waals surface area contributed by atoms with Gasteiger partial charge < -0.3 is 4.90 Å². The Kier molecular flexibility index (Phi) is 4.78. The fourth-order valence-corrected chi connectivity index (χ4v) is 3.44. The molecule has 0 saturated carbocycles. The number of para-hydroxylation sites is 1. The molecule has 0 atom stereocenters. The van der Waals surface area contributed by atoms with E-state index in [4.69, 9.17) is 4.99 Å². The molecule has 3 heteroatoms. The van der Waals surface area contributed by atoms with E-state index < -0.39 is 0 Å². The van der Waals surface area contributed by atoms with Crippen LogP contribution in [-0.4, -0.2) is 22.3 Å². The molecule has 1 aromatic heterocycles. The highest BCUT2D eigenvalue weighted by Crippen LogP contribution is 2.28. The summed E-state index contributed by atoms with van der Waals surface area (Å²) in [5.74, 6) is 1.19. The average Bonchev–Trinajstić information content (AvgIpc) is 3.13. The molecular formula is C23H23N3. The van der Waals surface area contributed by atoms with Crippen molar-refractivity contribution < 1.29 is 0 Å². The molecule has 0 saturated heterocycles. The van der Waals surface area contributed by atoms with Gasteiger partial charge in [0.2, 0.25) is 0 Å². The third-order valence-electron chi connectivity index (χ3n) is 4.79. The van der Waals surface area contributed by atoms with Crippen LogP contribution in [0.5, 0.6) is 0 Å². The quantitative estimate of drug-likeness (QED) is 0.634. The lowest BCUT2D eigenvalue weighted by Gasteiger charge is -2.24. The van der Waals surface area contributed by atoms with Gasteiger partial charge in [-0.05, 0) is 46.9 Å². The fraction of sp³-hybridized carbons (Fsp3) is 0.217. The smallest absolute Gasteiger partial charge is 0.110 e. The lowest BCUT2D eigenvalue weighted by atomic mass is 10.0. The molecule has 0 unspecified atom stereocenters. The van der Waals surface area contributed by atoms with E-state index in [-0.39, 0.29) is 0 Å². The normalized spacial score (nSPS) is 12.6. The number of nitrogens with zero attached hydrogens (tertiary/aromatic N) is 3. The number of aromatic nitrogens is 1. The van der Waals surface area contributed by atoms with Crippen molar-refractivity contribution >= 4 is 11.5 Å². The zero-order valence-electron chi connectivity index (χ0n) is 15.1. The summed E-state index contributed by atoms with van der Waals surface area (Å²) >= 11 is 0. The minimum atomic E-state index is 0.900. The molecule has 3 aromatic rings. The van der Waals surface area contributed by atoms with E-state index >= 15 is 0 Å². The van der Waals surface area contributed by atoms with Crippen LogP contribution in [0.15, 0.2) is 78.0 Å². The second-order valence-corrected chi connectivity index (χ2v) is 6.69. The van der Waals surface area contributed by atoms with Gasteiger partial charge >= 0.3 is 0 Å². The average molecular weight is 341 g/mol. The molecule has 130 valence electrons. The Balaban J connectivity index is 1.51. The third kappa shape index (κ3) is 3.52. The van der Waals surface area contributed by atoms with Crippen LogP contribution in [0.2, 0.25) is 0 Å². The first kappa shape index (κ1) is 16.5. The van der Waals surface area contributed by atoms with Crippen LogP contribution in [0.1, 0.15) is 24.5 Å². The molecule has 1 aliphatic heterocycles. The number of hydrogen-bond acceptors (Lipinski definition) is 3. The summed E-state index contributed by atoms with van der Waals surface area (Å²) in [5.41, 5.74) is 6.19. The zero-order valence-corrected chi connectivity index (χ0v) is 15.1. The van der Waals surface area contributed by atoms with E-state index in [0.29, 0.717) is 0 Å². The largest absolute Gasteiger partial charge is 0.355 e. The standard InChI is InChI=1S/C23H23N3/c1-2-15-26(23-16-21-5-3-4-6-22(21)25-23)17-18-7-9-19(10-8-18)20-11-13-24-14-12-20/h3-14H,2,15-17H2,1H3. The topological polar surface area (TPSA) is 28.5 Å². The van der Waals surface area contributed by atoms with E-state index in [2.05, 4.69) is 65.3 Å². The van der Waals surface area contributed by atoms with Gasteiger partial charge in [0.25, 0.3) is 0 Å². The highest BCUT2D eigenvalue weighted by molar-refractivity contribution is 5.92. The predicted molar refractivity (Wildman–Crippen MR) is 108 cm³/mol. The molecule has 0 fully saturated rings. The van der Waals surface area contributed by atoms with Crippen molar-refractivity contribution in [3.63, 3.8) is 0 Å². The van der Waals surface area contributed by atoms with Gasteiger partial charge in [-0.25, -0.2) is 4.99 Å². The van der Waals surface area contributed by atoms with Gasteiger partial charge in [0.05, 0.1) is 5.69 Å². The van der Waals surface area contributed by atoms with Gasteiger partial charge in [0.15, 0.2) is 0 Å². The highest BCUT2D eigenvalue weighted by Gasteiger charge is 2.19. The molecule has 2 aromatic carbocycles. The first-order chi connectivity index (χ1) is 12.8. The maximum Gasteiger partial charge on any atom is 0.110 e. The van der Waals surface area contributed by atoms with Gasteiger partial charge in [-0.3, -0.25) is 4.98 Å². The predicted octanol–water partition coefficient (Wildman–Crippen LogP) is 5.25. The summed E-state index contributed by atoms with van der Waals surface area (Å²) in [4.78, 5) is 11.4. The molecule has 26 heavy (non-hydrogen) atoms. The highest BCUT2D eigenvalue weighted by atomic mass is 15.2. The number of pyridine rings is 1. The Morgan fingerprint density at radius 1 is 0.885 bits per heavy atom. The zero-order chi connectivity index (χ0) is 17.8. The van der Waals surface area contributed by atoms with E-state index in [1.165, 1.54) is 28.1 Å². The summed E-state index contributed by atoms with van der Waals surface area (Å²) in [7, 11) is 0. The minimum absolute atomic E-state index is 0.900. The van der Waals surface area contributed by atoms with Crippen molar-refractivity contribution in [1.29, 1.82) is 0 Å². The van der Waals surface area contributed by atoms with Crippen molar-refractivity contribution in [3.8, 4) is 11.1 Å². The first-order valence-corrected chi connectivity index (χ1v) is 9.23. The summed E-state index contributed by atoms with van der Waals surface area (Å²) < 4.78 is 0. The van der Waals surface area contributed by atoms with Crippen molar-refractivity contribution in [2.45, 2.75) is 26.3 Å². The number of rotatable bonds is 5. The monoisotopic (exact) mass is 341 g/mol. The van der Waals surface area contributed by atoms with E-state index in [1.807, 2.05) is 24.5 Å². The Bertz CT molecular complexity index is 898. The van der Waals surface area contributed by atoms with E-state index in [0.717, 1.165) is 31.6 Å². The molecule has 0 aliphatic carbocycles. The van der Waals surface area contributed by atoms with Crippen LogP contribution in [-0.2, 0) is 13.0 Å². The Hall–Kier alpha value is -2.94. The molecule has 1 aliphatic rings. The van der Waals surface area contributed by atoms with Gasteiger partial charge in [-0.1, -0.05) is 49.4 Å². The molecular weight excluding hydrogens is 318 g/mol. The van der Waals surface area contributed by atoms with Crippen LogP contribution in [0.3, 0.4) is 0 Å². The summed E-state index contributed by atoms with van der Waals surface area (Å²) in [5, 5.41) is 0. The fourth-order valence-electron chi connectivity index (χ4n) is 3.44. The number of hydrogen-bond donors (Lipinski definition) is 0. The first-order valence-electron chi connectivity index (χ1n) is 9.23. The van der Waals surface area contributed by atoms with E-state index in [9.17, 15) is 0 Å². The van der Waals surface area contributed by atoms with Crippen molar-refractivity contribution in [2.75, 3.05) is 6.54 Å². The number of aliphatic imine (C=N–C) groups is 1. The number of amidine groups is 1. The van der Waals surface area contributed by atoms with Gasteiger partial charge in [0.1, 0.15) is 5.84 Å². The maximum atomic E-state index is 4.87. The molecule has 0 amide bonds. The lowest BCUT2D eigenvalue weighted by Crippen LogP contribution is -2.31. The van der Waals surface area contributed by atoms with Crippen LogP contribution < -0.4 is 0 Å². The van der Waals surface area contributed by atoms with Crippen LogP contribution in [0.25, 0.3) is 11.1 Å². The van der Waals surface area contributed by atoms with Gasteiger partial charge in [0, 0.05) is 31.9 Å². The second-order valence-electron chi connectivity index (χ2n) is 6.69. The van der Waals surface area contributed by atoms with Crippen molar-refractivity contribution in [1.82, 2.24) is 9.88 Å². The Labute approximate surface area is 155 Å². The summed E-state index contributed by atoms with van der Waals surface area (Å²) in [6, 6.07) is 21.4. The summed E-state index contributed by atoms with van der Waals surface area (Å²) in [6.07, 6.45) is 5.72. The molecule has 0 spiro atoms. The van der Waals surface area contributed by atoms with Crippen LogP contribution in [0, 0.1) is 0 Å². The van der Waals surface area contributed by atoms with Crippen molar-refractivity contribution in [3.05, 3.63) is 84.2 Å². The number of benzene rings is 2. The maximum absolute atomic E-state index is 4.87. The van der Waals surface area contributed by atoms with Gasteiger partial charge in [-0.15, -0.1) is 0 Å². The Morgan fingerprint density at radius 3 is 2.35 bits per heavy atom. The summed E-state index contributed by atoms with van der Waals surface area (Å²) in [6.45, 7) is 4.15. The van der Waals surface area contributed by atoms with E-state index in [1.54, 1.807) is 0 Å². The molecule has 0 N–H and O–H groups in total. The molecule has 0 bridgehead atoms. The molecule has 0 radical (unpaired) electrons. The van der Waals surface area contributed by atoms with Crippen LogP contribution in [0.4, 0.5) is 5.69 Å². The molecule has 3 nitrogen and oxygen atoms in total.